The van der Waals surface area contributed by atoms with Crippen LogP contribution in [0.5, 0.6) is 5.75 Å². The van der Waals surface area contributed by atoms with Crippen LogP contribution in [-0.2, 0) is 0 Å². The lowest BCUT2D eigenvalue weighted by molar-refractivity contribution is 0.255. The molecule has 4 heterocycles. The van der Waals surface area contributed by atoms with Crippen molar-refractivity contribution < 1.29 is 9.26 Å². The van der Waals surface area contributed by atoms with E-state index < -0.39 is 0 Å². The number of H-pyrrole nitrogens is 1. The second kappa shape index (κ2) is 5.72. The first-order valence-electron chi connectivity index (χ1n) is 8.50. The number of aromatic nitrogens is 4. The summed E-state index contributed by atoms with van der Waals surface area (Å²) in [5.41, 5.74) is 4.01. The van der Waals surface area contributed by atoms with Crippen molar-refractivity contribution in [3.63, 3.8) is 0 Å². The first kappa shape index (κ1) is 16.1. The fourth-order valence-corrected chi connectivity index (χ4v) is 4.01. The third-order valence-electron chi connectivity index (χ3n) is 4.93. The predicted octanol–water partition coefficient (Wildman–Crippen LogP) is 3.63. The summed E-state index contributed by atoms with van der Waals surface area (Å²) in [6.45, 7) is 3.99. The molecule has 1 N–H and O–H groups in total. The summed E-state index contributed by atoms with van der Waals surface area (Å²) in [7, 11) is 0. The Labute approximate surface area is 158 Å². The van der Waals surface area contributed by atoms with Crippen LogP contribution in [0.1, 0.15) is 23.2 Å². The van der Waals surface area contributed by atoms with Crippen LogP contribution in [0.2, 0.25) is 5.02 Å². The monoisotopic (exact) mass is 382 g/mol. The van der Waals surface area contributed by atoms with Crippen LogP contribution in [0.4, 0.5) is 0 Å². The maximum Gasteiger partial charge on any atom is 0.327 e. The Morgan fingerprint density at radius 2 is 2.19 bits per heavy atom. The number of aromatic amines is 1. The van der Waals surface area contributed by atoms with Crippen LogP contribution in [0.25, 0.3) is 22.2 Å². The Balaban J connectivity index is 1.85. The zero-order valence-electron chi connectivity index (χ0n) is 14.6. The fraction of sp³-hybridized carbons (Fsp3) is 0.211. The van der Waals surface area contributed by atoms with E-state index in [-0.39, 0.29) is 18.3 Å². The minimum absolute atomic E-state index is 0.247. The summed E-state index contributed by atoms with van der Waals surface area (Å²) >= 11 is 6.51. The van der Waals surface area contributed by atoms with E-state index in [1.54, 1.807) is 16.8 Å². The van der Waals surface area contributed by atoms with Gasteiger partial charge in [0.1, 0.15) is 23.9 Å². The summed E-state index contributed by atoms with van der Waals surface area (Å²) in [6.07, 6.45) is 1.70. The summed E-state index contributed by atoms with van der Waals surface area (Å²) in [5.74, 6) is 1.26. The lowest BCUT2D eigenvalue weighted by Gasteiger charge is -2.26. The molecule has 1 aliphatic rings. The summed E-state index contributed by atoms with van der Waals surface area (Å²) in [5, 5.41) is 4.46. The van der Waals surface area contributed by atoms with Crippen LogP contribution in [0.15, 0.2) is 39.8 Å². The zero-order chi connectivity index (χ0) is 18.7. The number of ether oxygens (including phenoxy) is 1. The largest absolute Gasteiger partial charge is 0.488 e. The maximum absolute atomic E-state index is 12.8. The lowest BCUT2D eigenvalue weighted by Crippen LogP contribution is -2.31. The van der Waals surface area contributed by atoms with Crippen LogP contribution >= 0.6 is 11.6 Å². The zero-order valence-corrected chi connectivity index (χ0v) is 15.4. The normalized spacial score (nSPS) is 15.9. The van der Waals surface area contributed by atoms with Crippen molar-refractivity contribution in [2.75, 3.05) is 6.61 Å². The van der Waals surface area contributed by atoms with Gasteiger partial charge in [0.25, 0.3) is 0 Å². The molecule has 0 unspecified atom stereocenters. The first-order chi connectivity index (χ1) is 13.1. The van der Waals surface area contributed by atoms with Crippen molar-refractivity contribution in [1.82, 2.24) is 19.7 Å². The van der Waals surface area contributed by atoms with E-state index in [1.807, 2.05) is 32.0 Å². The van der Waals surface area contributed by atoms with Gasteiger partial charge in [-0.2, -0.15) is 0 Å². The van der Waals surface area contributed by atoms with E-state index in [4.69, 9.17) is 20.9 Å². The van der Waals surface area contributed by atoms with Gasteiger partial charge in [0.2, 0.25) is 0 Å². The third-order valence-corrected chi connectivity index (χ3v) is 5.23. The molecule has 3 aromatic heterocycles. The molecule has 1 atom stereocenters. The topological polar surface area (TPSA) is 85.9 Å². The van der Waals surface area contributed by atoms with Gasteiger partial charge in [0.15, 0.2) is 5.75 Å². The molecule has 7 nitrogen and oxygen atoms in total. The number of pyridine rings is 1. The van der Waals surface area contributed by atoms with Crippen molar-refractivity contribution >= 4 is 22.6 Å². The van der Waals surface area contributed by atoms with Crippen LogP contribution < -0.4 is 10.4 Å². The molecule has 8 heteroatoms. The fourth-order valence-electron chi connectivity index (χ4n) is 3.76. The number of nitrogens with zero attached hydrogens (tertiary/aromatic N) is 3. The van der Waals surface area contributed by atoms with Crippen molar-refractivity contribution in [3.8, 4) is 16.9 Å². The highest BCUT2D eigenvalue weighted by molar-refractivity contribution is 6.35. The van der Waals surface area contributed by atoms with Crippen molar-refractivity contribution in [3.05, 3.63) is 63.1 Å². The van der Waals surface area contributed by atoms with E-state index in [1.165, 1.54) is 0 Å². The van der Waals surface area contributed by atoms with Crippen LogP contribution in [0, 0.1) is 13.8 Å². The average molecular weight is 383 g/mol. The summed E-state index contributed by atoms with van der Waals surface area (Å²) in [6, 6.07) is 7.05. The van der Waals surface area contributed by atoms with Gasteiger partial charge in [-0.05, 0) is 32.0 Å². The molecule has 4 aromatic rings. The van der Waals surface area contributed by atoms with Gasteiger partial charge in [0, 0.05) is 11.8 Å². The maximum atomic E-state index is 12.8. The quantitative estimate of drug-likeness (QED) is 0.572. The molecule has 136 valence electrons. The van der Waals surface area contributed by atoms with Crippen molar-refractivity contribution in [2.45, 2.75) is 19.9 Å². The third kappa shape index (κ3) is 2.24. The number of benzene rings is 1. The van der Waals surface area contributed by atoms with Gasteiger partial charge in [-0.25, -0.2) is 4.79 Å². The van der Waals surface area contributed by atoms with Gasteiger partial charge in [-0.3, -0.25) is 9.55 Å². The molecule has 0 saturated carbocycles. The Hall–Kier alpha value is -3.06. The molecule has 5 rings (SSSR count). The molecule has 0 radical (unpaired) electrons. The Morgan fingerprint density at radius 3 is 2.89 bits per heavy atom. The first-order valence-corrected chi connectivity index (χ1v) is 8.87. The molecule has 0 amide bonds. The number of nitrogens with one attached hydrogen (secondary N) is 1. The lowest BCUT2D eigenvalue weighted by atomic mass is 10.0. The van der Waals surface area contributed by atoms with E-state index in [0.717, 1.165) is 22.5 Å². The number of hydrogen-bond donors (Lipinski definition) is 1. The smallest absolute Gasteiger partial charge is 0.327 e. The standard InChI is InChI=1S/C19H15ClN4O3/c1-9-15(10(2)27-23-9)11-7-12(20)16-17-18(11)26-8-14(24(17)19(25)22-16)13-5-3-4-6-21-13/h3-7,14H,8H2,1-2H3,(H,22,25)/t14-/m1/s1. The van der Waals surface area contributed by atoms with Crippen LogP contribution in [0.3, 0.4) is 0 Å². The molecule has 1 aromatic carbocycles. The van der Waals surface area contributed by atoms with E-state index in [0.29, 0.717) is 27.6 Å². The molecular weight excluding hydrogens is 368 g/mol. The number of aryl methyl sites for hydroxylation is 2. The Kier molecular flexibility index (Phi) is 3.42. The van der Waals surface area contributed by atoms with Gasteiger partial charge in [-0.1, -0.05) is 22.8 Å². The molecule has 0 saturated heterocycles. The molecule has 0 aliphatic carbocycles. The molecular formula is C19H15ClN4O3. The Bertz CT molecular complexity index is 1220. The highest BCUT2D eigenvalue weighted by Gasteiger charge is 2.32. The van der Waals surface area contributed by atoms with Crippen LogP contribution in [-0.4, -0.2) is 26.3 Å². The number of rotatable bonds is 2. The molecule has 1 aliphatic heterocycles. The van der Waals surface area contributed by atoms with Gasteiger partial charge < -0.3 is 14.2 Å². The minimum atomic E-state index is -0.337. The minimum Gasteiger partial charge on any atom is -0.488 e. The molecule has 0 fully saturated rings. The average Bonchev–Trinajstić information content (AvgIpc) is 3.20. The number of hydrogen-bond acceptors (Lipinski definition) is 5. The van der Waals surface area contributed by atoms with Crippen molar-refractivity contribution in [1.29, 1.82) is 0 Å². The molecule has 27 heavy (non-hydrogen) atoms. The SMILES string of the molecule is Cc1noc(C)c1-c1cc(Cl)c2[nH]c(=O)n3c2c1OC[C@@H]3c1ccccn1. The molecule has 0 spiro atoms. The number of imidazole rings is 1. The highest BCUT2D eigenvalue weighted by atomic mass is 35.5. The van der Waals surface area contributed by atoms with E-state index in [9.17, 15) is 4.79 Å². The summed E-state index contributed by atoms with van der Waals surface area (Å²) in [4.78, 5) is 20.0. The van der Waals surface area contributed by atoms with E-state index in [2.05, 4.69) is 15.1 Å². The number of halogens is 1. The Morgan fingerprint density at radius 1 is 1.33 bits per heavy atom. The van der Waals surface area contributed by atoms with Crippen molar-refractivity contribution in [2.24, 2.45) is 0 Å². The molecule has 0 bridgehead atoms. The highest BCUT2D eigenvalue weighted by Crippen LogP contribution is 2.45. The summed E-state index contributed by atoms with van der Waals surface area (Å²) < 4.78 is 13.1. The van der Waals surface area contributed by atoms with Gasteiger partial charge in [0.05, 0.1) is 27.5 Å². The van der Waals surface area contributed by atoms with E-state index >= 15 is 0 Å². The second-order valence-electron chi connectivity index (χ2n) is 6.54. The van der Waals surface area contributed by atoms with Gasteiger partial charge >= 0.3 is 5.69 Å². The second-order valence-corrected chi connectivity index (χ2v) is 6.95. The van der Waals surface area contributed by atoms with Gasteiger partial charge in [-0.15, -0.1) is 0 Å². The predicted molar refractivity (Wildman–Crippen MR) is 100 cm³/mol.